The van der Waals surface area contributed by atoms with E-state index in [9.17, 15) is 0 Å². The fourth-order valence-electron chi connectivity index (χ4n) is 2.48. The van der Waals surface area contributed by atoms with Crippen LogP contribution in [-0.2, 0) is 10.7 Å². The van der Waals surface area contributed by atoms with E-state index in [0.29, 0.717) is 12.0 Å². The molecule has 2 rings (SSSR count). The van der Waals surface area contributed by atoms with Crippen LogP contribution in [0.25, 0.3) is 0 Å². The van der Waals surface area contributed by atoms with E-state index in [1.807, 2.05) is 0 Å². The van der Waals surface area contributed by atoms with Crippen molar-refractivity contribution in [3.63, 3.8) is 0 Å². The van der Waals surface area contributed by atoms with Gasteiger partial charge in [0.1, 0.15) is 0 Å². The maximum atomic E-state index is 8.02. The van der Waals surface area contributed by atoms with Gasteiger partial charge < -0.3 is 0 Å². The van der Waals surface area contributed by atoms with Gasteiger partial charge in [0.25, 0.3) is 0 Å². The number of hydrogen-bond acceptors (Lipinski definition) is 2. The van der Waals surface area contributed by atoms with Crippen LogP contribution >= 0.6 is 0 Å². The molecule has 3 heteroatoms. The van der Waals surface area contributed by atoms with Crippen molar-refractivity contribution < 1.29 is 0 Å². The Labute approximate surface area is 107 Å². The van der Waals surface area contributed by atoms with Gasteiger partial charge in [0.2, 0.25) is 0 Å². The minimum Gasteiger partial charge on any atom is -0.298 e. The predicted molar refractivity (Wildman–Crippen MR) is 75.7 cm³/mol. The summed E-state index contributed by atoms with van der Waals surface area (Å²) >= 11 is 0. The third kappa shape index (κ3) is 2.78. The maximum Gasteiger partial charge on any atom is 0.0447 e. The summed E-state index contributed by atoms with van der Waals surface area (Å²) in [4.78, 5) is 2.42. The van der Waals surface area contributed by atoms with E-state index in [0.717, 1.165) is 18.1 Å². The summed E-state index contributed by atoms with van der Waals surface area (Å²) in [6.07, 6.45) is 0. The molecule has 1 saturated heterocycles. The number of rotatable bonds is 2. The first-order valence-corrected chi connectivity index (χ1v) is 7.83. The molecule has 1 aliphatic heterocycles. The maximum absolute atomic E-state index is 8.02. The molecule has 2 unspecified atom stereocenters. The van der Waals surface area contributed by atoms with Crippen LogP contribution in [0.1, 0.15) is 36.9 Å². The molecule has 1 heterocycles. The Hall–Kier alpha value is -0.670. The Bertz CT molecular complexity index is 414. The molecule has 0 bridgehead atoms. The van der Waals surface area contributed by atoms with Gasteiger partial charge in [0.05, 0.1) is 0 Å². The van der Waals surface area contributed by atoms with Crippen molar-refractivity contribution in [2.45, 2.75) is 25.8 Å². The van der Waals surface area contributed by atoms with Crippen LogP contribution in [0.3, 0.4) is 0 Å². The molecule has 1 aliphatic rings. The van der Waals surface area contributed by atoms with Gasteiger partial charge >= 0.3 is 0 Å². The van der Waals surface area contributed by atoms with E-state index in [2.05, 4.69) is 50.1 Å². The molecule has 0 saturated carbocycles. The van der Waals surface area contributed by atoms with Crippen molar-refractivity contribution in [2.75, 3.05) is 25.1 Å². The first kappa shape index (κ1) is 12.8. The van der Waals surface area contributed by atoms with Crippen LogP contribution in [0, 0.1) is 4.78 Å². The van der Waals surface area contributed by atoms with E-state index in [1.54, 1.807) is 0 Å². The molecule has 1 aromatic rings. The predicted octanol–water partition coefficient (Wildman–Crippen LogP) is 3.18. The molecule has 17 heavy (non-hydrogen) atoms. The Balaban J connectivity index is 2.35. The lowest BCUT2D eigenvalue weighted by Gasteiger charge is -2.35. The summed E-state index contributed by atoms with van der Waals surface area (Å²) < 4.78 is 8.02. The van der Waals surface area contributed by atoms with E-state index in [1.165, 1.54) is 11.1 Å². The summed E-state index contributed by atoms with van der Waals surface area (Å²) in [7, 11) is 2.04. The fraction of sp³-hybridized carbons (Fsp3) is 0.571. The van der Waals surface area contributed by atoms with Gasteiger partial charge in [-0.05, 0) is 24.1 Å². The zero-order valence-corrected chi connectivity index (χ0v) is 11.8. The number of hydrogen-bond donors (Lipinski definition) is 1. The summed E-state index contributed by atoms with van der Waals surface area (Å²) in [5.41, 5.74) is 2.89. The summed E-state index contributed by atoms with van der Waals surface area (Å²) in [5, 5.41) is 0. The third-order valence-corrected chi connectivity index (χ3v) is 4.95. The smallest absolute Gasteiger partial charge is 0.0447 e. The lowest BCUT2D eigenvalue weighted by atomic mass is 9.93. The van der Waals surface area contributed by atoms with Crippen molar-refractivity contribution in [1.29, 1.82) is 4.78 Å². The van der Waals surface area contributed by atoms with Gasteiger partial charge in [0, 0.05) is 24.1 Å². The third-order valence-electron chi connectivity index (χ3n) is 3.56. The average molecular weight is 250 g/mol. The lowest BCUT2D eigenvalue weighted by Crippen LogP contribution is -2.38. The average Bonchev–Trinajstić information content (AvgIpc) is 2.32. The van der Waals surface area contributed by atoms with Crippen LogP contribution in [0.15, 0.2) is 24.3 Å². The first-order valence-electron chi connectivity index (χ1n) is 6.27. The van der Waals surface area contributed by atoms with E-state index >= 15 is 0 Å². The largest absolute Gasteiger partial charge is 0.298 e. The van der Waals surface area contributed by atoms with Gasteiger partial charge in [-0.15, -0.1) is 10.7 Å². The Kier molecular flexibility index (Phi) is 4.00. The van der Waals surface area contributed by atoms with Crippen molar-refractivity contribution in [1.82, 2.24) is 4.90 Å². The molecule has 0 amide bonds. The van der Waals surface area contributed by atoms with Crippen LogP contribution in [0.5, 0.6) is 0 Å². The topological polar surface area (TPSA) is 27.1 Å². The highest BCUT2D eigenvalue weighted by molar-refractivity contribution is 7.86. The second-order valence-electron chi connectivity index (χ2n) is 5.14. The van der Waals surface area contributed by atoms with Crippen molar-refractivity contribution in [3.8, 4) is 0 Å². The highest BCUT2D eigenvalue weighted by Crippen LogP contribution is 2.30. The number of nitrogens with one attached hydrogen (secondary N) is 1. The summed E-state index contributed by atoms with van der Waals surface area (Å²) in [6.45, 7) is 5.56. The quantitative estimate of drug-likeness (QED) is 0.857. The zero-order valence-electron chi connectivity index (χ0n) is 10.9. The molecular weight excluding hydrogens is 228 g/mol. The molecule has 94 valence electrons. The van der Waals surface area contributed by atoms with Gasteiger partial charge in [-0.25, -0.2) is 0 Å². The summed E-state index contributed by atoms with van der Waals surface area (Å²) in [6, 6.07) is 9.19. The Morgan fingerprint density at radius 3 is 2.76 bits per heavy atom. The Morgan fingerprint density at radius 1 is 1.35 bits per heavy atom. The molecule has 0 radical (unpaired) electrons. The minimum absolute atomic E-state index is 0.155. The highest BCUT2D eigenvalue weighted by atomic mass is 32.2. The molecule has 1 fully saturated rings. The van der Waals surface area contributed by atoms with Crippen LogP contribution in [0.4, 0.5) is 0 Å². The van der Waals surface area contributed by atoms with E-state index in [4.69, 9.17) is 4.78 Å². The molecule has 1 N–H and O–H groups in total. The Morgan fingerprint density at radius 2 is 2.06 bits per heavy atom. The zero-order chi connectivity index (χ0) is 12.4. The highest BCUT2D eigenvalue weighted by Gasteiger charge is 2.25. The number of nitrogens with zero attached hydrogens (tertiary/aromatic N) is 1. The van der Waals surface area contributed by atoms with Crippen LogP contribution < -0.4 is 0 Å². The van der Waals surface area contributed by atoms with Gasteiger partial charge in [-0.2, -0.15) is 0 Å². The SMILES string of the molecule is CC(C)c1ccccc1C1CS(=N)CCN1C. The van der Waals surface area contributed by atoms with Gasteiger partial charge in [0.15, 0.2) is 0 Å². The minimum atomic E-state index is -0.155. The first-order chi connectivity index (χ1) is 8.09. The summed E-state index contributed by atoms with van der Waals surface area (Å²) in [5.74, 6) is 2.60. The van der Waals surface area contributed by atoms with Gasteiger partial charge in [-0.3, -0.25) is 9.68 Å². The molecule has 0 aromatic heterocycles. The van der Waals surface area contributed by atoms with Crippen molar-refractivity contribution >= 4 is 10.7 Å². The molecule has 0 aliphatic carbocycles. The molecular formula is C14H22N2S. The molecule has 0 spiro atoms. The van der Waals surface area contributed by atoms with Gasteiger partial charge in [-0.1, -0.05) is 38.1 Å². The molecule has 1 aromatic carbocycles. The monoisotopic (exact) mass is 250 g/mol. The fourth-order valence-corrected chi connectivity index (χ4v) is 3.97. The van der Waals surface area contributed by atoms with E-state index in [-0.39, 0.29) is 10.7 Å². The lowest BCUT2D eigenvalue weighted by molar-refractivity contribution is 0.271. The van der Waals surface area contributed by atoms with Crippen LogP contribution in [-0.4, -0.2) is 30.0 Å². The van der Waals surface area contributed by atoms with Crippen molar-refractivity contribution in [2.24, 2.45) is 0 Å². The normalized spacial score (nSPS) is 26.4. The second-order valence-corrected chi connectivity index (χ2v) is 6.87. The number of benzene rings is 1. The molecule has 2 atom stereocenters. The van der Waals surface area contributed by atoms with Crippen molar-refractivity contribution in [3.05, 3.63) is 35.4 Å². The van der Waals surface area contributed by atoms with Crippen LogP contribution in [0.2, 0.25) is 0 Å². The second kappa shape index (κ2) is 5.32. The van der Waals surface area contributed by atoms with E-state index < -0.39 is 0 Å². The molecule has 2 nitrogen and oxygen atoms in total. The standard InChI is InChI=1S/C14H22N2S/c1-11(2)12-6-4-5-7-13(12)14-10-17(15)9-8-16(14)3/h4-7,11,14-15H,8-10H2,1-3H3.